The molecule has 3 nitrogen and oxygen atoms in total. The summed E-state index contributed by atoms with van der Waals surface area (Å²) in [4.78, 5) is 2.35. The first kappa shape index (κ1) is 9.73. The lowest BCUT2D eigenvalue weighted by Gasteiger charge is -2.25. The van der Waals surface area contributed by atoms with Crippen molar-refractivity contribution in [3.8, 4) is 5.75 Å². The fourth-order valence-corrected chi connectivity index (χ4v) is 2.52. The van der Waals surface area contributed by atoms with E-state index in [-0.39, 0.29) is 0 Å². The zero-order valence-corrected chi connectivity index (χ0v) is 9.73. The van der Waals surface area contributed by atoms with Crippen molar-refractivity contribution in [1.29, 1.82) is 0 Å². The topological polar surface area (TPSA) is 17.4 Å². The minimum atomic E-state index is 0.980. The van der Waals surface area contributed by atoms with E-state index < -0.39 is 0 Å². The van der Waals surface area contributed by atoms with E-state index in [1.165, 1.54) is 16.6 Å². The zero-order valence-electron chi connectivity index (χ0n) is 9.73. The normalized spacial score (nSPS) is 16.4. The summed E-state index contributed by atoms with van der Waals surface area (Å²) in [5.41, 5.74) is 2.63. The molecule has 1 aliphatic rings. The van der Waals surface area contributed by atoms with Crippen LogP contribution >= 0.6 is 0 Å². The highest BCUT2D eigenvalue weighted by Crippen LogP contribution is 2.30. The molecular weight excluding hydrogens is 200 g/mol. The van der Waals surface area contributed by atoms with Crippen molar-refractivity contribution in [3.05, 3.63) is 30.0 Å². The molecule has 84 valence electrons. The van der Waals surface area contributed by atoms with Gasteiger partial charge in [0.1, 0.15) is 5.75 Å². The maximum absolute atomic E-state index is 5.44. The van der Waals surface area contributed by atoms with Crippen LogP contribution in [0.3, 0.4) is 0 Å². The lowest BCUT2D eigenvalue weighted by molar-refractivity contribution is 0.272. The summed E-state index contributed by atoms with van der Waals surface area (Å²) in [5, 5.41) is 1.28. The third-order valence-corrected chi connectivity index (χ3v) is 3.33. The van der Waals surface area contributed by atoms with Crippen LogP contribution in [0.1, 0.15) is 5.69 Å². The van der Waals surface area contributed by atoms with E-state index in [9.17, 15) is 0 Å². The Morgan fingerprint density at radius 3 is 2.94 bits per heavy atom. The van der Waals surface area contributed by atoms with Crippen LogP contribution in [0, 0.1) is 0 Å². The van der Waals surface area contributed by atoms with Crippen LogP contribution in [0.5, 0.6) is 5.75 Å². The van der Waals surface area contributed by atoms with Crippen molar-refractivity contribution in [2.75, 3.05) is 20.7 Å². The van der Waals surface area contributed by atoms with Crippen LogP contribution in [0.25, 0.3) is 10.9 Å². The molecule has 2 aromatic rings. The van der Waals surface area contributed by atoms with Gasteiger partial charge in [0.05, 0.1) is 12.6 Å². The lowest BCUT2D eigenvalue weighted by atomic mass is 10.2. The molecule has 0 fully saturated rings. The number of methoxy groups -OCH3 is 1. The number of hydrogen-bond acceptors (Lipinski definition) is 2. The number of likely N-dealkylation sites (N-methyl/N-ethyl adjacent to an activating group) is 1. The molecule has 1 aromatic heterocycles. The number of benzene rings is 1. The van der Waals surface area contributed by atoms with Gasteiger partial charge in [-0.05, 0) is 19.2 Å². The molecule has 0 spiro atoms. The molecule has 1 aliphatic heterocycles. The number of hydrogen-bond donors (Lipinski definition) is 0. The molecule has 0 saturated heterocycles. The van der Waals surface area contributed by atoms with Gasteiger partial charge in [0.25, 0.3) is 0 Å². The van der Waals surface area contributed by atoms with Gasteiger partial charge >= 0.3 is 0 Å². The Balaban J connectivity index is 2.26. The summed E-state index contributed by atoms with van der Waals surface area (Å²) < 4.78 is 7.83. The highest BCUT2D eigenvalue weighted by atomic mass is 16.5. The second-order valence-electron chi connectivity index (χ2n) is 4.42. The highest BCUT2D eigenvalue weighted by Gasteiger charge is 2.17. The summed E-state index contributed by atoms with van der Waals surface area (Å²) in [6, 6.07) is 8.52. The van der Waals surface area contributed by atoms with Crippen LogP contribution in [0.4, 0.5) is 0 Å². The summed E-state index contributed by atoms with van der Waals surface area (Å²) in [6.45, 7) is 3.18. The van der Waals surface area contributed by atoms with Gasteiger partial charge in [-0.15, -0.1) is 0 Å². The van der Waals surface area contributed by atoms with E-state index in [0.717, 1.165) is 25.4 Å². The molecule has 0 aliphatic carbocycles. The van der Waals surface area contributed by atoms with Crippen molar-refractivity contribution in [2.45, 2.75) is 13.1 Å². The molecule has 0 N–H and O–H groups in total. The molecule has 16 heavy (non-hydrogen) atoms. The Hall–Kier alpha value is -1.48. The van der Waals surface area contributed by atoms with Gasteiger partial charge in [0.2, 0.25) is 0 Å². The van der Waals surface area contributed by atoms with Crippen molar-refractivity contribution in [2.24, 2.45) is 0 Å². The van der Waals surface area contributed by atoms with Crippen molar-refractivity contribution >= 4 is 10.9 Å². The highest BCUT2D eigenvalue weighted by molar-refractivity contribution is 5.87. The summed E-state index contributed by atoms with van der Waals surface area (Å²) in [6.07, 6.45) is 0. The molecule has 0 atom stereocenters. The molecule has 2 heterocycles. The molecule has 0 bridgehead atoms. The van der Waals surface area contributed by atoms with Gasteiger partial charge in [0, 0.05) is 30.7 Å². The molecule has 3 heteroatoms. The monoisotopic (exact) mass is 216 g/mol. The number of rotatable bonds is 1. The second-order valence-corrected chi connectivity index (χ2v) is 4.42. The zero-order chi connectivity index (χ0) is 11.1. The molecule has 1 aromatic carbocycles. The first-order valence-corrected chi connectivity index (χ1v) is 5.63. The number of aromatic nitrogens is 1. The van der Waals surface area contributed by atoms with Gasteiger partial charge in [-0.3, -0.25) is 4.90 Å². The lowest BCUT2D eigenvalue weighted by Crippen LogP contribution is -2.29. The van der Waals surface area contributed by atoms with Gasteiger partial charge in [-0.2, -0.15) is 0 Å². The third kappa shape index (κ3) is 1.32. The van der Waals surface area contributed by atoms with Crippen LogP contribution < -0.4 is 4.74 Å². The predicted molar refractivity (Wildman–Crippen MR) is 64.8 cm³/mol. The van der Waals surface area contributed by atoms with Crippen LogP contribution in [-0.2, 0) is 13.1 Å². The molecule has 0 radical (unpaired) electrons. The summed E-state index contributed by atoms with van der Waals surface area (Å²) in [7, 11) is 3.90. The third-order valence-electron chi connectivity index (χ3n) is 3.33. The first-order valence-electron chi connectivity index (χ1n) is 5.63. The Morgan fingerprint density at radius 1 is 1.25 bits per heavy atom. The quantitative estimate of drug-likeness (QED) is 0.726. The fourth-order valence-electron chi connectivity index (χ4n) is 2.52. The maximum Gasteiger partial charge on any atom is 0.143 e. The van der Waals surface area contributed by atoms with E-state index in [4.69, 9.17) is 4.74 Å². The van der Waals surface area contributed by atoms with E-state index >= 15 is 0 Å². The first-order chi connectivity index (χ1) is 7.79. The van der Waals surface area contributed by atoms with E-state index in [0.29, 0.717) is 0 Å². The average molecular weight is 216 g/mol. The maximum atomic E-state index is 5.44. The number of fused-ring (bicyclic) bond motifs is 3. The Kier molecular flexibility index (Phi) is 2.14. The average Bonchev–Trinajstić information content (AvgIpc) is 2.65. The largest absolute Gasteiger partial charge is 0.495 e. The molecule has 0 unspecified atom stereocenters. The Morgan fingerprint density at radius 2 is 2.12 bits per heavy atom. The smallest absolute Gasteiger partial charge is 0.143 e. The number of para-hydroxylation sites is 1. The van der Waals surface area contributed by atoms with E-state index in [1.54, 1.807) is 7.11 Å². The van der Waals surface area contributed by atoms with Crippen molar-refractivity contribution in [3.63, 3.8) is 0 Å². The summed E-state index contributed by atoms with van der Waals surface area (Å²) in [5.74, 6) is 0.980. The minimum Gasteiger partial charge on any atom is -0.495 e. The second kappa shape index (κ2) is 3.52. The van der Waals surface area contributed by atoms with Crippen LogP contribution in [0.2, 0.25) is 0 Å². The molecule has 0 amide bonds. The number of nitrogens with zero attached hydrogens (tertiary/aromatic N) is 2. The van der Waals surface area contributed by atoms with E-state index in [1.807, 2.05) is 6.07 Å². The number of ether oxygens (including phenoxy) is 1. The van der Waals surface area contributed by atoms with Crippen LogP contribution in [-0.4, -0.2) is 30.2 Å². The van der Waals surface area contributed by atoms with Crippen molar-refractivity contribution in [1.82, 2.24) is 9.47 Å². The van der Waals surface area contributed by atoms with Gasteiger partial charge in [-0.1, -0.05) is 12.1 Å². The Bertz CT molecular complexity index is 530. The Labute approximate surface area is 95.2 Å². The van der Waals surface area contributed by atoms with E-state index in [2.05, 4.69) is 34.7 Å². The van der Waals surface area contributed by atoms with Gasteiger partial charge in [-0.25, -0.2) is 0 Å². The minimum absolute atomic E-state index is 0.980. The van der Waals surface area contributed by atoms with Crippen molar-refractivity contribution < 1.29 is 4.74 Å². The standard InChI is InChI=1S/C13H16N2O/c1-14-6-7-15-11(9-14)8-10-4-3-5-12(16-2)13(10)15/h3-5,8H,6-7,9H2,1-2H3. The fraction of sp³-hybridized carbons (Fsp3) is 0.385. The van der Waals surface area contributed by atoms with Gasteiger partial charge in [0.15, 0.2) is 0 Å². The SMILES string of the molecule is COc1cccc2cc3n(c12)CCN(C)C3. The summed E-state index contributed by atoms with van der Waals surface area (Å²) >= 11 is 0. The van der Waals surface area contributed by atoms with Gasteiger partial charge < -0.3 is 9.30 Å². The molecule has 0 saturated carbocycles. The molecule has 3 rings (SSSR count). The van der Waals surface area contributed by atoms with Crippen LogP contribution in [0.15, 0.2) is 24.3 Å². The predicted octanol–water partition coefficient (Wildman–Crippen LogP) is 2.10. The molecular formula is C13H16N2O.